The van der Waals surface area contributed by atoms with E-state index in [1.807, 2.05) is 0 Å². The third-order valence-electron chi connectivity index (χ3n) is 4.54. The highest BCUT2D eigenvalue weighted by molar-refractivity contribution is 6.34. The summed E-state index contributed by atoms with van der Waals surface area (Å²) in [6, 6.07) is 4.02. The molecule has 1 aliphatic rings. The van der Waals surface area contributed by atoms with E-state index in [4.69, 9.17) is 11.6 Å². The van der Waals surface area contributed by atoms with Crippen LogP contribution >= 0.6 is 11.6 Å². The molecule has 6 nitrogen and oxygen atoms in total. The number of hydrogen-bond acceptors (Lipinski definition) is 4. The first kappa shape index (κ1) is 24.6. The summed E-state index contributed by atoms with van der Waals surface area (Å²) in [7, 11) is 0. The quantitative estimate of drug-likeness (QED) is 0.538. The molecule has 33 heavy (non-hydrogen) atoms. The van der Waals surface area contributed by atoms with Gasteiger partial charge in [0.1, 0.15) is 11.4 Å². The van der Waals surface area contributed by atoms with Gasteiger partial charge in [-0.25, -0.2) is 4.98 Å². The molecule has 0 radical (unpaired) electrons. The van der Waals surface area contributed by atoms with Crippen molar-refractivity contribution in [1.82, 2.24) is 10.3 Å². The Hall–Kier alpha value is -3.02. The molecule has 1 saturated carbocycles. The molecule has 0 saturated heterocycles. The molecule has 1 atom stereocenters. The Morgan fingerprint density at radius 1 is 1.12 bits per heavy atom. The van der Waals surface area contributed by atoms with Crippen LogP contribution in [0.25, 0.3) is 0 Å². The van der Waals surface area contributed by atoms with Crippen molar-refractivity contribution in [1.29, 1.82) is 0 Å². The Morgan fingerprint density at radius 3 is 2.36 bits per heavy atom. The summed E-state index contributed by atoms with van der Waals surface area (Å²) < 4.78 is 82.8. The Balaban J connectivity index is 1.85. The lowest BCUT2D eigenvalue weighted by Crippen LogP contribution is -2.31. The second-order valence-electron chi connectivity index (χ2n) is 7.26. The number of nitrogens with one attached hydrogen (secondary N) is 2. The zero-order valence-corrected chi connectivity index (χ0v) is 17.5. The number of carbonyl (C=O) groups excluding carboxylic acids is 2. The van der Waals surface area contributed by atoms with Crippen molar-refractivity contribution in [3.63, 3.8) is 0 Å². The predicted molar refractivity (Wildman–Crippen MR) is 105 cm³/mol. The van der Waals surface area contributed by atoms with Crippen LogP contribution in [0.2, 0.25) is 5.02 Å². The number of carbonyl (C=O) groups is 2. The number of halogens is 7. The number of hydrogen-bond donors (Lipinski definition) is 2. The fourth-order valence-electron chi connectivity index (χ4n) is 2.64. The van der Waals surface area contributed by atoms with Crippen LogP contribution in [-0.4, -0.2) is 35.1 Å². The molecule has 178 valence electrons. The van der Waals surface area contributed by atoms with Crippen LogP contribution in [0, 0.1) is 0 Å². The summed E-state index contributed by atoms with van der Waals surface area (Å²) in [6.45, 7) is 0.616. The third kappa shape index (κ3) is 6.28. The van der Waals surface area contributed by atoms with Crippen LogP contribution in [0.3, 0.4) is 0 Å². The molecule has 0 bridgehead atoms. The second-order valence-corrected chi connectivity index (χ2v) is 7.67. The van der Waals surface area contributed by atoms with Crippen molar-refractivity contribution in [2.75, 3.05) is 5.32 Å². The van der Waals surface area contributed by atoms with Gasteiger partial charge in [-0.15, -0.1) is 0 Å². The zero-order chi connectivity index (χ0) is 24.6. The van der Waals surface area contributed by atoms with Gasteiger partial charge in [-0.1, -0.05) is 11.6 Å². The number of amides is 2. The van der Waals surface area contributed by atoms with E-state index >= 15 is 0 Å². The van der Waals surface area contributed by atoms with Gasteiger partial charge in [-0.3, -0.25) is 9.59 Å². The van der Waals surface area contributed by atoms with Crippen molar-refractivity contribution < 1.29 is 40.7 Å². The molecule has 0 spiro atoms. The lowest BCUT2D eigenvalue weighted by molar-refractivity contribution is -0.189. The molecule has 13 heteroatoms. The van der Waals surface area contributed by atoms with Crippen molar-refractivity contribution in [2.24, 2.45) is 0 Å². The van der Waals surface area contributed by atoms with Gasteiger partial charge in [0.2, 0.25) is 0 Å². The van der Waals surface area contributed by atoms with E-state index in [-0.39, 0.29) is 28.4 Å². The van der Waals surface area contributed by atoms with Crippen molar-refractivity contribution in [3.8, 4) is 5.75 Å². The van der Waals surface area contributed by atoms with Crippen molar-refractivity contribution in [2.45, 2.75) is 44.3 Å². The van der Waals surface area contributed by atoms with Crippen molar-refractivity contribution >= 4 is 29.1 Å². The highest BCUT2D eigenvalue weighted by atomic mass is 35.5. The summed E-state index contributed by atoms with van der Waals surface area (Å²) in [5, 5.41) is 4.95. The molecule has 1 unspecified atom stereocenters. The van der Waals surface area contributed by atoms with E-state index in [1.165, 1.54) is 18.2 Å². The molecule has 1 aromatic carbocycles. The van der Waals surface area contributed by atoms with E-state index in [0.29, 0.717) is 13.1 Å². The van der Waals surface area contributed by atoms with Crippen LogP contribution in [-0.2, 0) is 6.18 Å². The summed E-state index contributed by atoms with van der Waals surface area (Å²) in [4.78, 5) is 28.1. The first-order valence-electron chi connectivity index (χ1n) is 9.48. The van der Waals surface area contributed by atoms with Crippen LogP contribution in [0.15, 0.2) is 30.5 Å². The van der Waals surface area contributed by atoms with E-state index < -0.39 is 47.3 Å². The Labute approximate surface area is 188 Å². The minimum absolute atomic E-state index is 0.00950. The maximum atomic E-state index is 13.5. The van der Waals surface area contributed by atoms with E-state index in [2.05, 4.69) is 20.4 Å². The van der Waals surface area contributed by atoms with Gasteiger partial charge in [0.05, 0.1) is 22.3 Å². The number of benzene rings is 1. The monoisotopic (exact) mass is 495 g/mol. The molecule has 2 amide bonds. The highest BCUT2D eigenvalue weighted by Crippen LogP contribution is 2.35. The molecular weight excluding hydrogens is 480 g/mol. The molecule has 1 aliphatic carbocycles. The zero-order valence-electron chi connectivity index (χ0n) is 16.8. The summed E-state index contributed by atoms with van der Waals surface area (Å²) in [5.41, 5.74) is -2.71. The molecule has 0 aliphatic heterocycles. The normalized spacial score (nSPS) is 15.0. The molecule has 3 rings (SSSR count). The largest absolute Gasteiger partial charge is 0.480 e. The smallest absolute Gasteiger partial charge is 0.425 e. The minimum atomic E-state index is -5.12. The maximum absolute atomic E-state index is 13.5. The number of pyridine rings is 1. The fourth-order valence-corrected chi connectivity index (χ4v) is 2.84. The van der Waals surface area contributed by atoms with Gasteiger partial charge in [-0.05, 0) is 44.0 Å². The van der Waals surface area contributed by atoms with E-state index in [0.717, 1.165) is 12.8 Å². The maximum Gasteiger partial charge on any atom is 0.425 e. The van der Waals surface area contributed by atoms with Crippen LogP contribution in [0.4, 0.5) is 32.0 Å². The molecule has 1 fully saturated rings. The third-order valence-corrected chi connectivity index (χ3v) is 4.87. The summed E-state index contributed by atoms with van der Waals surface area (Å²) in [5.74, 6) is -2.61. The Bertz CT molecular complexity index is 1070. The molecule has 1 heterocycles. The second kappa shape index (κ2) is 9.08. The Morgan fingerprint density at radius 2 is 1.79 bits per heavy atom. The van der Waals surface area contributed by atoms with E-state index in [9.17, 15) is 35.9 Å². The standard InChI is InChI=1S/C20H16ClF6N3O3/c1-9(19(22,23)24)33-12-7-14(20(25,26)27)16(28-8-12)18(32)30-11-4-5-15(21)13(6-11)17(31)29-10-2-3-10/h4-10H,2-3H2,1H3,(H,29,31)(H,30,32). The molecule has 2 N–H and O–H groups in total. The number of anilines is 1. The van der Waals surface area contributed by atoms with Gasteiger partial charge in [0.15, 0.2) is 6.10 Å². The predicted octanol–water partition coefficient (Wildman–Crippen LogP) is 5.23. The number of nitrogens with zero attached hydrogens (tertiary/aromatic N) is 1. The van der Waals surface area contributed by atoms with Crippen LogP contribution < -0.4 is 15.4 Å². The number of rotatable bonds is 6. The Kier molecular flexibility index (Phi) is 6.78. The highest BCUT2D eigenvalue weighted by Gasteiger charge is 2.40. The van der Waals surface area contributed by atoms with Gasteiger partial charge < -0.3 is 15.4 Å². The van der Waals surface area contributed by atoms with Crippen LogP contribution in [0.1, 0.15) is 46.2 Å². The lowest BCUT2D eigenvalue weighted by Gasteiger charge is -2.19. The van der Waals surface area contributed by atoms with Gasteiger partial charge in [0, 0.05) is 11.7 Å². The number of ether oxygens (including phenoxy) is 1. The number of aromatic nitrogens is 1. The molecule has 1 aromatic heterocycles. The number of alkyl halides is 6. The first-order chi connectivity index (χ1) is 15.3. The molecule has 2 aromatic rings. The average Bonchev–Trinajstić information content (AvgIpc) is 3.51. The average molecular weight is 496 g/mol. The van der Waals surface area contributed by atoms with Crippen molar-refractivity contribution in [3.05, 3.63) is 52.3 Å². The SMILES string of the molecule is CC(Oc1cnc(C(=O)Nc2ccc(Cl)c(C(=O)NC3CC3)c2)c(C(F)(F)F)c1)C(F)(F)F. The van der Waals surface area contributed by atoms with E-state index in [1.54, 1.807) is 0 Å². The van der Waals surface area contributed by atoms with Gasteiger partial charge in [0.25, 0.3) is 11.8 Å². The van der Waals surface area contributed by atoms with Crippen LogP contribution in [0.5, 0.6) is 5.75 Å². The fraction of sp³-hybridized carbons (Fsp3) is 0.350. The minimum Gasteiger partial charge on any atom is -0.480 e. The first-order valence-corrected chi connectivity index (χ1v) is 9.86. The lowest BCUT2D eigenvalue weighted by atomic mass is 10.1. The molecular formula is C20H16ClF6N3O3. The topological polar surface area (TPSA) is 80.3 Å². The summed E-state index contributed by atoms with van der Waals surface area (Å²) in [6.07, 6.45) is -10.1. The summed E-state index contributed by atoms with van der Waals surface area (Å²) >= 11 is 6.00. The van der Waals surface area contributed by atoms with Gasteiger partial charge in [-0.2, -0.15) is 26.3 Å². The van der Waals surface area contributed by atoms with Gasteiger partial charge >= 0.3 is 12.4 Å².